The largest absolute Gasteiger partial charge is 0.422 e. The van der Waals surface area contributed by atoms with Crippen LogP contribution in [0.2, 0.25) is 10.0 Å². The Labute approximate surface area is 113 Å². The second kappa shape index (κ2) is 5.17. The quantitative estimate of drug-likeness (QED) is 0.770. The van der Waals surface area contributed by atoms with Gasteiger partial charge in [-0.25, -0.2) is 4.79 Å². The molecule has 0 aliphatic carbocycles. The molecule has 0 N–H and O–H groups in total. The van der Waals surface area contributed by atoms with Crippen molar-refractivity contribution in [1.29, 1.82) is 0 Å². The van der Waals surface area contributed by atoms with Gasteiger partial charge in [-0.3, -0.25) is 0 Å². The number of halogens is 2. The van der Waals surface area contributed by atoms with Crippen LogP contribution < -0.4 is 5.63 Å². The van der Waals surface area contributed by atoms with Crippen molar-refractivity contribution in [2.24, 2.45) is 0 Å². The molecule has 2 rings (SSSR count). The van der Waals surface area contributed by atoms with Crippen LogP contribution in [0.4, 0.5) is 0 Å². The molecule has 0 amide bonds. The monoisotopic (exact) mass is 286 g/mol. The molecule has 0 bridgehead atoms. The third-order valence-corrected chi connectivity index (χ3v) is 3.69. The van der Waals surface area contributed by atoms with Crippen LogP contribution >= 0.6 is 35.0 Å². The highest BCUT2D eigenvalue weighted by Crippen LogP contribution is 2.28. The van der Waals surface area contributed by atoms with Gasteiger partial charge < -0.3 is 4.42 Å². The van der Waals surface area contributed by atoms with E-state index in [0.717, 1.165) is 5.56 Å². The Bertz CT molecular complexity index is 590. The molecule has 0 spiro atoms. The summed E-state index contributed by atoms with van der Waals surface area (Å²) in [6.45, 7) is 0. The topological polar surface area (TPSA) is 30.2 Å². The summed E-state index contributed by atoms with van der Waals surface area (Å²) in [5.74, 6) is 0.486. The van der Waals surface area contributed by atoms with Gasteiger partial charge in [0.05, 0.1) is 0 Å². The summed E-state index contributed by atoms with van der Waals surface area (Å²) in [6, 6.07) is 8.81. The van der Waals surface area contributed by atoms with E-state index in [2.05, 4.69) is 0 Å². The van der Waals surface area contributed by atoms with Gasteiger partial charge in [0.25, 0.3) is 0 Å². The molecular formula is C12H8Cl2O2S. The molecule has 1 aromatic carbocycles. The lowest BCUT2D eigenvalue weighted by Crippen LogP contribution is -2.01. The lowest BCUT2D eigenvalue weighted by molar-refractivity contribution is 0.522. The third kappa shape index (κ3) is 2.68. The zero-order chi connectivity index (χ0) is 12.4. The second-order valence-corrected chi connectivity index (χ2v) is 4.95. The molecule has 1 aromatic heterocycles. The van der Waals surface area contributed by atoms with Gasteiger partial charge in [0.15, 0.2) is 0 Å². The highest BCUT2D eigenvalue weighted by Gasteiger charge is 2.10. The van der Waals surface area contributed by atoms with Crippen LogP contribution in [0.5, 0.6) is 0 Å². The summed E-state index contributed by atoms with van der Waals surface area (Å²) in [4.78, 5) is 12.2. The first-order valence-corrected chi connectivity index (χ1v) is 6.73. The predicted octanol–water partition coefficient (Wildman–Crippen LogP) is 4.34. The summed E-state index contributed by atoms with van der Waals surface area (Å²) < 4.78 is 5.13. The van der Waals surface area contributed by atoms with Gasteiger partial charge in [0.1, 0.15) is 10.8 Å². The van der Waals surface area contributed by atoms with E-state index in [1.807, 2.05) is 6.26 Å². The van der Waals surface area contributed by atoms with Crippen LogP contribution in [0.15, 0.2) is 44.4 Å². The average Bonchev–Trinajstić information content (AvgIpc) is 2.33. The lowest BCUT2D eigenvalue weighted by Gasteiger charge is -2.04. The van der Waals surface area contributed by atoms with Crippen molar-refractivity contribution >= 4 is 35.0 Å². The Balaban J connectivity index is 2.56. The molecule has 0 radical (unpaired) electrons. The van der Waals surface area contributed by atoms with Crippen LogP contribution in [0.1, 0.15) is 0 Å². The van der Waals surface area contributed by atoms with E-state index >= 15 is 0 Å². The van der Waals surface area contributed by atoms with E-state index in [4.69, 9.17) is 27.6 Å². The van der Waals surface area contributed by atoms with Gasteiger partial charge >= 0.3 is 5.63 Å². The third-order valence-electron chi connectivity index (χ3n) is 2.21. The number of rotatable bonds is 2. The first-order chi connectivity index (χ1) is 8.11. The lowest BCUT2D eigenvalue weighted by atomic mass is 10.1. The average molecular weight is 287 g/mol. The van der Waals surface area contributed by atoms with Gasteiger partial charge in [-0.2, -0.15) is 0 Å². The molecule has 2 aromatic rings. The van der Waals surface area contributed by atoms with Crippen molar-refractivity contribution in [2.45, 2.75) is 4.90 Å². The summed E-state index contributed by atoms with van der Waals surface area (Å²) in [5.41, 5.74) is 0.266. The van der Waals surface area contributed by atoms with Crippen LogP contribution in [0, 0.1) is 0 Å². The number of hydrogen-bond acceptors (Lipinski definition) is 3. The molecular weight excluding hydrogens is 279 g/mol. The van der Waals surface area contributed by atoms with E-state index in [-0.39, 0.29) is 5.02 Å². The van der Waals surface area contributed by atoms with Crippen LogP contribution in [0.3, 0.4) is 0 Å². The minimum Gasteiger partial charge on any atom is -0.422 e. The van der Waals surface area contributed by atoms with Gasteiger partial charge in [-0.05, 0) is 36.6 Å². The van der Waals surface area contributed by atoms with Crippen molar-refractivity contribution < 1.29 is 4.42 Å². The molecule has 0 unspecified atom stereocenters. The highest BCUT2D eigenvalue weighted by molar-refractivity contribution is 7.98. The zero-order valence-electron chi connectivity index (χ0n) is 8.87. The molecule has 0 fully saturated rings. The molecule has 1 heterocycles. The maximum absolute atomic E-state index is 11.5. The van der Waals surface area contributed by atoms with Crippen molar-refractivity contribution in [1.82, 2.24) is 0 Å². The van der Waals surface area contributed by atoms with E-state index in [1.54, 1.807) is 30.3 Å². The Morgan fingerprint density at radius 3 is 2.41 bits per heavy atom. The summed E-state index contributed by atoms with van der Waals surface area (Å²) in [5, 5.41) is 0.755. The second-order valence-electron chi connectivity index (χ2n) is 3.29. The first kappa shape index (κ1) is 12.6. The maximum Gasteiger partial charge on any atom is 0.356 e. The molecule has 0 saturated carbocycles. The van der Waals surface area contributed by atoms with E-state index in [9.17, 15) is 4.79 Å². The highest BCUT2D eigenvalue weighted by atomic mass is 35.5. The normalized spacial score (nSPS) is 10.5. The molecule has 2 nitrogen and oxygen atoms in total. The van der Waals surface area contributed by atoms with Crippen LogP contribution in [-0.2, 0) is 0 Å². The SMILES string of the molecule is CSc1cc(-c2ccc(Cl)cc2)oc(=O)c1Cl. The first-order valence-electron chi connectivity index (χ1n) is 4.75. The molecule has 5 heteroatoms. The van der Waals surface area contributed by atoms with E-state index in [0.29, 0.717) is 15.7 Å². The zero-order valence-corrected chi connectivity index (χ0v) is 11.2. The number of hydrogen-bond donors (Lipinski definition) is 0. The molecule has 88 valence electrons. The van der Waals surface area contributed by atoms with Crippen molar-refractivity contribution in [3.8, 4) is 11.3 Å². The fourth-order valence-electron chi connectivity index (χ4n) is 1.36. The van der Waals surface area contributed by atoms with E-state index in [1.165, 1.54) is 11.8 Å². The summed E-state index contributed by atoms with van der Waals surface area (Å²) in [7, 11) is 0. The minimum atomic E-state index is -0.525. The Morgan fingerprint density at radius 2 is 1.82 bits per heavy atom. The van der Waals surface area contributed by atoms with Gasteiger partial charge in [0, 0.05) is 15.5 Å². The molecule has 0 saturated heterocycles. The van der Waals surface area contributed by atoms with Gasteiger partial charge in [-0.1, -0.05) is 23.2 Å². The van der Waals surface area contributed by atoms with Gasteiger partial charge in [0.2, 0.25) is 0 Å². The van der Waals surface area contributed by atoms with Crippen molar-refractivity contribution in [3.63, 3.8) is 0 Å². The molecule has 0 aliphatic heterocycles. The fourth-order valence-corrected chi connectivity index (χ4v) is 2.30. The Kier molecular flexibility index (Phi) is 3.82. The summed E-state index contributed by atoms with van der Waals surface area (Å²) >= 11 is 13.0. The summed E-state index contributed by atoms with van der Waals surface area (Å²) in [6.07, 6.45) is 1.85. The molecule has 0 aliphatic rings. The smallest absolute Gasteiger partial charge is 0.356 e. The van der Waals surface area contributed by atoms with E-state index < -0.39 is 5.63 Å². The minimum absolute atomic E-state index is 0.121. The number of benzene rings is 1. The van der Waals surface area contributed by atoms with Gasteiger partial charge in [-0.15, -0.1) is 11.8 Å². The molecule has 0 atom stereocenters. The Morgan fingerprint density at radius 1 is 1.18 bits per heavy atom. The number of thioether (sulfide) groups is 1. The van der Waals surface area contributed by atoms with Crippen LogP contribution in [-0.4, -0.2) is 6.26 Å². The predicted molar refractivity (Wildman–Crippen MR) is 72.2 cm³/mol. The standard InChI is InChI=1S/C12H8Cl2O2S/c1-17-10-6-9(16-12(15)11(10)14)7-2-4-8(13)5-3-7/h2-6H,1H3. The van der Waals surface area contributed by atoms with Crippen LogP contribution in [0.25, 0.3) is 11.3 Å². The fraction of sp³-hybridized carbons (Fsp3) is 0.0833. The molecule has 17 heavy (non-hydrogen) atoms. The van der Waals surface area contributed by atoms with Crippen molar-refractivity contribution in [3.05, 3.63) is 50.8 Å². The maximum atomic E-state index is 11.5. The van der Waals surface area contributed by atoms with Crippen molar-refractivity contribution in [2.75, 3.05) is 6.26 Å². The Hall–Kier alpha value is -0.900.